The first-order valence-electron chi connectivity index (χ1n) is 8.73. The van der Waals surface area contributed by atoms with Crippen LogP contribution in [0.25, 0.3) is 0 Å². The van der Waals surface area contributed by atoms with Crippen LogP contribution in [0.5, 0.6) is 5.75 Å². The van der Waals surface area contributed by atoms with E-state index in [-0.39, 0.29) is 26.4 Å². The maximum absolute atomic E-state index is 11.9. The SMILES string of the molecule is C=CC(=O)OCCNC(=O)OC(COC(=O)C=C)COc1cccc(CC)c1. The Morgan fingerprint density at radius 2 is 1.82 bits per heavy atom. The Hall–Kier alpha value is -3.29. The molecule has 0 radical (unpaired) electrons. The van der Waals surface area contributed by atoms with Crippen molar-refractivity contribution in [3.63, 3.8) is 0 Å². The molecule has 0 aliphatic heterocycles. The molecule has 1 aromatic carbocycles. The molecule has 28 heavy (non-hydrogen) atoms. The number of ether oxygens (including phenoxy) is 4. The molecule has 0 spiro atoms. The zero-order valence-corrected chi connectivity index (χ0v) is 15.8. The van der Waals surface area contributed by atoms with E-state index in [0.717, 1.165) is 24.1 Å². The van der Waals surface area contributed by atoms with Gasteiger partial charge in [-0.2, -0.15) is 0 Å². The first-order chi connectivity index (χ1) is 13.5. The van der Waals surface area contributed by atoms with Gasteiger partial charge in [-0.1, -0.05) is 32.2 Å². The van der Waals surface area contributed by atoms with Crippen LogP contribution in [0, 0.1) is 0 Å². The Bertz CT molecular complexity index is 687. The zero-order valence-electron chi connectivity index (χ0n) is 15.8. The second-order valence-electron chi connectivity index (χ2n) is 5.47. The van der Waals surface area contributed by atoms with Crippen LogP contribution in [0.15, 0.2) is 49.6 Å². The normalized spacial score (nSPS) is 10.9. The van der Waals surface area contributed by atoms with Crippen LogP contribution in [0.2, 0.25) is 0 Å². The van der Waals surface area contributed by atoms with E-state index in [2.05, 4.69) is 18.5 Å². The minimum Gasteiger partial charge on any atom is -0.490 e. The third-order valence-electron chi connectivity index (χ3n) is 3.38. The van der Waals surface area contributed by atoms with Crippen molar-refractivity contribution < 1.29 is 33.3 Å². The molecule has 0 saturated heterocycles. The van der Waals surface area contributed by atoms with Crippen molar-refractivity contribution in [1.29, 1.82) is 0 Å². The molecule has 1 aromatic rings. The number of alkyl carbamates (subject to hydrolysis) is 1. The summed E-state index contributed by atoms with van der Waals surface area (Å²) in [6, 6.07) is 7.49. The molecule has 8 nitrogen and oxygen atoms in total. The van der Waals surface area contributed by atoms with Crippen LogP contribution < -0.4 is 10.1 Å². The highest BCUT2D eigenvalue weighted by Crippen LogP contribution is 2.14. The minimum absolute atomic E-state index is 0.0174. The van der Waals surface area contributed by atoms with Gasteiger partial charge in [-0.25, -0.2) is 14.4 Å². The number of amides is 1. The molecule has 1 amide bonds. The molecule has 1 rings (SSSR count). The minimum atomic E-state index is -0.843. The van der Waals surface area contributed by atoms with Gasteiger partial charge in [-0.15, -0.1) is 0 Å². The fourth-order valence-electron chi connectivity index (χ4n) is 1.95. The Balaban J connectivity index is 2.53. The van der Waals surface area contributed by atoms with Crippen LogP contribution in [-0.4, -0.2) is 50.5 Å². The van der Waals surface area contributed by atoms with E-state index < -0.39 is 24.1 Å². The molecule has 1 unspecified atom stereocenters. The van der Waals surface area contributed by atoms with Crippen LogP contribution in [-0.2, 0) is 30.2 Å². The molecule has 0 fully saturated rings. The Morgan fingerprint density at radius 3 is 2.50 bits per heavy atom. The average molecular weight is 391 g/mol. The van der Waals surface area contributed by atoms with E-state index in [9.17, 15) is 14.4 Å². The predicted octanol–water partition coefficient (Wildman–Crippen LogP) is 2.18. The highest BCUT2D eigenvalue weighted by molar-refractivity contribution is 5.81. The van der Waals surface area contributed by atoms with Gasteiger partial charge in [0.25, 0.3) is 0 Å². The number of benzene rings is 1. The Kier molecular flexibility index (Phi) is 10.5. The lowest BCUT2D eigenvalue weighted by atomic mass is 10.2. The van der Waals surface area contributed by atoms with Crippen molar-refractivity contribution in [2.45, 2.75) is 19.4 Å². The molecule has 0 aliphatic rings. The zero-order chi connectivity index (χ0) is 20.8. The number of rotatable bonds is 12. The van der Waals surface area contributed by atoms with Crippen LogP contribution in [0.3, 0.4) is 0 Å². The standard InChI is InChI=1S/C20H25NO7/c1-4-15-8-7-9-16(12-15)26-13-17(14-27-19(23)6-3)28-20(24)21-10-11-25-18(22)5-2/h5-9,12,17H,2-4,10-11,13-14H2,1H3,(H,21,24). The fourth-order valence-corrected chi connectivity index (χ4v) is 1.95. The number of hydrogen-bond donors (Lipinski definition) is 1. The molecule has 1 N–H and O–H groups in total. The largest absolute Gasteiger partial charge is 0.490 e. The molecular weight excluding hydrogens is 366 g/mol. The summed E-state index contributed by atoms with van der Waals surface area (Å²) < 4.78 is 20.5. The first-order valence-corrected chi connectivity index (χ1v) is 8.73. The second-order valence-corrected chi connectivity index (χ2v) is 5.47. The van der Waals surface area contributed by atoms with Gasteiger partial charge >= 0.3 is 18.0 Å². The summed E-state index contributed by atoms with van der Waals surface area (Å²) in [5, 5.41) is 2.42. The third-order valence-corrected chi connectivity index (χ3v) is 3.38. The van der Waals surface area contributed by atoms with Gasteiger partial charge in [0, 0.05) is 12.2 Å². The third kappa shape index (κ3) is 9.42. The van der Waals surface area contributed by atoms with Crippen LogP contribution >= 0.6 is 0 Å². The van der Waals surface area contributed by atoms with Crippen molar-refractivity contribution in [1.82, 2.24) is 5.32 Å². The lowest BCUT2D eigenvalue weighted by Gasteiger charge is -2.19. The highest BCUT2D eigenvalue weighted by atomic mass is 16.6. The van der Waals surface area contributed by atoms with E-state index in [0.29, 0.717) is 5.75 Å². The molecule has 0 aliphatic carbocycles. The predicted molar refractivity (Wildman–Crippen MR) is 102 cm³/mol. The van der Waals surface area contributed by atoms with Crippen molar-refractivity contribution in [3.8, 4) is 5.75 Å². The molecule has 0 aromatic heterocycles. The number of hydrogen-bond acceptors (Lipinski definition) is 7. The number of carbonyl (C=O) groups excluding carboxylic acids is 3. The Labute approximate surface area is 164 Å². The van der Waals surface area contributed by atoms with Crippen LogP contribution in [0.4, 0.5) is 4.79 Å². The molecule has 152 valence electrons. The molecule has 1 atom stereocenters. The molecule has 0 saturated carbocycles. The van der Waals surface area contributed by atoms with Gasteiger partial charge < -0.3 is 24.3 Å². The summed E-state index contributed by atoms with van der Waals surface area (Å²) in [6.45, 7) is 8.40. The fraction of sp³-hybridized carbons (Fsp3) is 0.350. The lowest BCUT2D eigenvalue weighted by molar-refractivity contribution is -0.141. The maximum Gasteiger partial charge on any atom is 0.407 e. The first kappa shape index (κ1) is 22.8. The van der Waals surface area contributed by atoms with Crippen molar-refractivity contribution in [3.05, 3.63) is 55.1 Å². The molecule has 0 bridgehead atoms. The van der Waals surface area contributed by atoms with Gasteiger partial charge in [0.2, 0.25) is 0 Å². The van der Waals surface area contributed by atoms with E-state index in [4.69, 9.17) is 18.9 Å². The maximum atomic E-state index is 11.9. The highest BCUT2D eigenvalue weighted by Gasteiger charge is 2.17. The Morgan fingerprint density at radius 1 is 1.11 bits per heavy atom. The summed E-state index contributed by atoms with van der Waals surface area (Å²) in [6.07, 6.45) is 1.28. The molecular formula is C20H25NO7. The average Bonchev–Trinajstić information content (AvgIpc) is 2.72. The smallest absolute Gasteiger partial charge is 0.407 e. The second kappa shape index (κ2) is 13.0. The lowest BCUT2D eigenvalue weighted by Crippen LogP contribution is -2.36. The summed E-state index contributed by atoms with van der Waals surface area (Å²) in [4.78, 5) is 34.1. The summed E-state index contributed by atoms with van der Waals surface area (Å²) in [5.74, 6) is -0.620. The summed E-state index contributed by atoms with van der Waals surface area (Å²) in [5.41, 5.74) is 1.10. The number of carbonyl (C=O) groups is 3. The topological polar surface area (TPSA) is 100 Å². The quantitative estimate of drug-likeness (QED) is 0.252. The van der Waals surface area contributed by atoms with Gasteiger partial charge in [-0.05, 0) is 24.1 Å². The van der Waals surface area contributed by atoms with E-state index in [1.54, 1.807) is 6.07 Å². The van der Waals surface area contributed by atoms with Crippen LogP contribution in [0.1, 0.15) is 12.5 Å². The van der Waals surface area contributed by atoms with Crippen molar-refractivity contribution >= 4 is 18.0 Å². The van der Waals surface area contributed by atoms with E-state index in [1.165, 1.54) is 0 Å². The number of esters is 2. The van der Waals surface area contributed by atoms with Crippen molar-refractivity contribution in [2.24, 2.45) is 0 Å². The summed E-state index contributed by atoms with van der Waals surface area (Å²) in [7, 11) is 0. The van der Waals surface area contributed by atoms with Gasteiger partial charge in [-0.3, -0.25) is 0 Å². The van der Waals surface area contributed by atoms with E-state index >= 15 is 0 Å². The number of aryl methyl sites for hydroxylation is 1. The molecule has 0 heterocycles. The van der Waals surface area contributed by atoms with Gasteiger partial charge in [0.05, 0.1) is 6.54 Å². The number of nitrogens with one attached hydrogen (secondary N) is 1. The summed E-state index contributed by atoms with van der Waals surface area (Å²) >= 11 is 0. The van der Waals surface area contributed by atoms with Gasteiger partial charge in [0.1, 0.15) is 25.6 Å². The van der Waals surface area contributed by atoms with Gasteiger partial charge in [0.15, 0.2) is 6.10 Å². The molecule has 8 heteroatoms. The van der Waals surface area contributed by atoms with Crippen molar-refractivity contribution in [2.75, 3.05) is 26.4 Å². The monoisotopic (exact) mass is 391 g/mol. The van der Waals surface area contributed by atoms with E-state index in [1.807, 2.05) is 25.1 Å².